The summed E-state index contributed by atoms with van der Waals surface area (Å²) in [6, 6.07) is 0. The molecule has 14 heavy (non-hydrogen) atoms. The molecule has 1 N–H and O–H groups in total. The fourth-order valence-corrected chi connectivity index (χ4v) is 1.92. The first-order chi connectivity index (χ1) is 6.85. The van der Waals surface area contributed by atoms with Crippen molar-refractivity contribution in [3.63, 3.8) is 0 Å². The van der Waals surface area contributed by atoms with Crippen molar-refractivity contribution in [1.82, 2.24) is 15.3 Å². The predicted molar refractivity (Wildman–Crippen MR) is 56.2 cm³/mol. The topological polar surface area (TPSA) is 37.8 Å². The van der Waals surface area contributed by atoms with Crippen LogP contribution in [0.25, 0.3) is 0 Å². The zero-order chi connectivity index (χ0) is 9.97. The van der Waals surface area contributed by atoms with Crippen molar-refractivity contribution < 1.29 is 0 Å². The summed E-state index contributed by atoms with van der Waals surface area (Å²) in [5, 5.41) is 3.37. The molecule has 0 saturated carbocycles. The molecule has 1 aliphatic rings. The van der Waals surface area contributed by atoms with E-state index in [-0.39, 0.29) is 0 Å². The first-order valence-electron chi connectivity index (χ1n) is 5.43. The van der Waals surface area contributed by atoms with Gasteiger partial charge in [-0.2, -0.15) is 0 Å². The predicted octanol–water partition coefficient (Wildman–Crippen LogP) is 1.25. The molecule has 1 aromatic heterocycles. The first kappa shape index (κ1) is 9.59. The summed E-state index contributed by atoms with van der Waals surface area (Å²) < 4.78 is 0. The van der Waals surface area contributed by atoms with Crippen LogP contribution in [-0.4, -0.2) is 16.5 Å². The third-order valence-electron chi connectivity index (χ3n) is 2.72. The van der Waals surface area contributed by atoms with Gasteiger partial charge in [-0.1, -0.05) is 13.8 Å². The maximum atomic E-state index is 4.59. The monoisotopic (exact) mass is 191 g/mol. The van der Waals surface area contributed by atoms with E-state index in [1.54, 1.807) is 0 Å². The molecular formula is C11H17N3. The third-order valence-corrected chi connectivity index (χ3v) is 2.72. The number of fused-ring (bicyclic) bond motifs is 1. The quantitative estimate of drug-likeness (QED) is 0.764. The molecule has 1 aromatic rings. The van der Waals surface area contributed by atoms with Gasteiger partial charge in [-0.3, -0.25) is 0 Å². The Morgan fingerprint density at radius 2 is 2.07 bits per heavy atom. The van der Waals surface area contributed by atoms with Gasteiger partial charge in [0.05, 0.1) is 5.69 Å². The minimum Gasteiger partial charge on any atom is -0.312 e. The molecule has 2 rings (SSSR count). The molecule has 76 valence electrons. The Bertz CT molecular complexity index is 316. The molecule has 0 bridgehead atoms. The van der Waals surface area contributed by atoms with Crippen LogP contribution in [0.5, 0.6) is 0 Å². The van der Waals surface area contributed by atoms with Crippen LogP contribution < -0.4 is 5.32 Å². The molecule has 0 unspecified atom stereocenters. The maximum Gasteiger partial charge on any atom is 0.128 e. The number of hydrogen-bond donors (Lipinski definition) is 1. The van der Waals surface area contributed by atoms with Gasteiger partial charge in [-0.15, -0.1) is 0 Å². The molecule has 0 spiro atoms. The Labute approximate surface area is 85.0 Å². The SMILES string of the molecule is CCc1nc(CC)c2c(n1)CCNC2. The molecule has 2 heterocycles. The lowest BCUT2D eigenvalue weighted by atomic mass is 10.0. The highest BCUT2D eigenvalue weighted by Crippen LogP contribution is 2.16. The lowest BCUT2D eigenvalue weighted by Gasteiger charge is -2.19. The first-order valence-corrected chi connectivity index (χ1v) is 5.43. The van der Waals surface area contributed by atoms with Gasteiger partial charge >= 0.3 is 0 Å². The minimum atomic E-state index is 0.938. The standard InChI is InChI=1S/C11H17N3/c1-3-9-8-7-12-6-5-10(8)14-11(4-2)13-9/h12H,3-7H2,1-2H3. The van der Waals surface area contributed by atoms with Crippen LogP contribution >= 0.6 is 0 Å². The molecule has 3 heteroatoms. The highest BCUT2D eigenvalue weighted by Gasteiger charge is 2.15. The van der Waals surface area contributed by atoms with Crippen molar-refractivity contribution in [2.24, 2.45) is 0 Å². The molecule has 3 nitrogen and oxygen atoms in total. The number of aryl methyl sites for hydroxylation is 2. The number of aromatic nitrogens is 2. The van der Waals surface area contributed by atoms with Crippen LogP contribution in [0.4, 0.5) is 0 Å². The highest BCUT2D eigenvalue weighted by molar-refractivity contribution is 5.28. The van der Waals surface area contributed by atoms with Crippen LogP contribution in [-0.2, 0) is 25.8 Å². The number of hydrogen-bond acceptors (Lipinski definition) is 3. The summed E-state index contributed by atoms with van der Waals surface area (Å²) >= 11 is 0. The van der Waals surface area contributed by atoms with E-state index in [0.717, 1.165) is 38.2 Å². The van der Waals surface area contributed by atoms with E-state index < -0.39 is 0 Å². The lowest BCUT2D eigenvalue weighted by molar-refractivity contribution is 0.611. The smallest absolute Gasteiger partial charge is 0.128 e. The summed E-state index contributed by atoms with van der Waals surface area (Å²) in [4.78, 5) is 9.16. The highest BCUT2D eigenvalue weighted by atomic mass is 14.9. The summed E-state index contributed by atoms with van der Waals surface area (Å²) in [5.41, 5.74) is 3.85. The Kier molecular flexibility index (Phi) is 2.77. The fraction of sp³-hybridized carbons (Fsp3) is 0.636. The van der Waals surface area contributed by atoms with Gasteiger partial charge in [0.15, 0.2) is 0 Å². The van der Waals surface area contributed by atoms with E-state index in [2.05, 4.69) is 29.1 Å². The van der Waals surface area contributed by atoms with Crippen LogP contribution in [0.2, 0.25) is 0 Å². The second-order valence-electron chi connectivity index (χ2n) is 3.65. The molecule has 0 amide bonds. The van der Waals surface area contributed by atoms with Gasteiger partial charge < -0.3 is 5.32 Å². The second-order valence-corrected chi connectivity index (χ2v) is 3.65. The summed E-state index contributed by atoms with van der Waals surface area (Å²) in [6.07, 6.45) is 3.01. The molecule has 0 radical (unpaired) electrons. The van der Waals surface area contributed by atoms with Gasteiger partial charge in [-0.25, -0.2) is 9.97 Å². The molecule has 0 fully saturated rings. The zero-order valence-corrected chi connectivity index (χ0v) is 8.93. The Hall–Kier alpha value is -0.960. The lowest BCUT2D eigenvalue weighted by Crippen LogP contribution is -2.27. The normalized spacial score (nSPS) is 15.3. The van der Waals surface area contributed by atoms with Gasteiger partial charge in [0, 0.05) is 37.2 Å². The van der Waals surface area contributed by atoms with E-state index in [1.165, 1.54) is 17.0 Å². The van der Waals surface area contributed by atoms with Crippen molar-refractivity contribution in [2.75, 3.05) is 6.54 Å². The molecule has 0 atom stereocenters. The van der Waals surface area contributed by atoms with Crippen LogP contribution in [0.1, 0.15) is 36.6 Å². The summed E-state index contributed by atoms with van der Waals surface area (Å²) in [5.74, 6) is 1.00. The number of nitrogens with one attached hydrogen (secondary N) is 1. The van der Waals surface area contributed by atoms with Gasteiger partial charge in [0.2, 0.25) is 0 Å². The van der Waals surface area contributed by atoms with E-state index in [4.69, 9.17) is 0 Å². The van der Waals surface area contributed by atoms with Crippen molar-refractivity contribution in [1.29, 1.82) is 0 Å². The largest absolute Gasteiger partial charge is 0.312 e. The molecule has 0 aliphatic carbocycles. The fourth-order valence-electron chi connectivity index (χ4n) is 1.92. The van der Waals surface area contributed by atoms with Crippen LogP contribution in [0.15, 0.2) is 0 Å². The van der Waals surface area contributed by atoms with Crippen molar-refractivity contribution in [3.8, 4) is 0 Å². The van der Waals surface area contributed by atoms with Gasteiger partial charge in [-0.05, 0) is 6.42 Å². The Morgan fingerprint density at radius 3 is 2.79 bits per heavy atom. The minimum absolute atomic E-state index is 0.938. The van der Waals surface area contributed by atoms with Gasteiger partial charge in [0.1, 0.15) is 5.82 Å². The maximum absolute atomic E-state index is 4.59. The Balaban J connectivity index is 2.47. The van der Waals surface area contributed by atoms with Crippen LogP contribution in [0, 0.1) is 0 Å². The van der Waals surface area contributed by atoms with E-state index in [0.29, 0.717) is 0 Å². The molecular weight excluding hydrogens is 174 g/mol. The summed E-state index contributed by atoms with van der Waals surface area (Å²) in [7, 11) is 0. The average molecular weight is 191 g/mol. The third kappa shape index (κ3) is 1.64. The number of nitrogens with zero attached hydrogens (tertiary/aromatic N) is 2. The van der Waals surface area contributed by atoms with E-state index in [1.807, 2.05) is 0 Å². The second kappa shape index (κ2) is 4.05. The molecule has 0 saturated heterocycles. The van der Waals surface area contributed by atoms with Crippen LogP contribution in [0.3, 0.4) is 0 Å². The van der Waals surface area contributed by atoms with Crippen molar-refractivity contribution in [3.05, 3.63) is 22.8 Å². The molecule has 0 aromatic carbocycles. The van der Waals surface area contributed by atoms with E-state index >= 15 is 0 Å². The number of rotatable bonds is 2. The van der Waals surface area contributed by atoms with Gasteiger partial charge in [0.25, 0.3) is 0 Å². The summed E-state index contributed by atoms with van der Waals surface area (Å²) in [6.45, 7) is 6.28. The average Bonchev–Trinajstić information content (AvgIpc) is 2.27. The zero-order valence-electron chi connectivity index (χ0n) is 8.93. The molecule has 1 aliphatic heterocycles. The van der Waals surface area contributed by atoms with E-state index in [9.17, 15) is 0 Å². The van der Waals surface area contributed by atoms with Crippen molar-refractivity contribution in [2.45, 2.75) is 39.7 Å². The Morgan fingerprint density at radius 1 is 1.21 bits per heavy atom. The van der Waals surface area contributed by atoms with Crippen molar-refractivity contribution >= 4 is 0 Å².